The third-order valence-corrected chi connectivity index (χ3v) is 6.19. The molecule has 0 radical (unpaired) electrons. The van der Waals surface area contributed by atoms with Gasteiger partial charge in [-0.1, -0.05) is 17.7 Å². The number of nitrogens with zero attached hydrogens (tertiary/aromatic N) is 4. The Hall–Kier alpha value is -0.710. The Morgan fingerprint density at radius 2 is 1.59 bits per heavy atom. The molecule has 0 bridgehead atoms. The number of azo groups is 1. The number of amides is 1. The number of rotatable bonds is 5. The van der Waals surface area contributed by atoms with E-state index in [0.717, 1.165) is 23.2 Å². The van der Waals surface area contributed by atoms with Crippen LogP contribution in [0.1, 0.15) is 6.92 Å². The quantitative estimate of drug-likeness (QED) is 0.221. The molecule has 32 heavy (non-hydrogen) atoms. The summed E-state index contributed by atoms with van der Waals surface area (Å²) >= 11 is 5.99. The molecule has 1 aliphatic heterocycles. The molecule has 158 valence electrons. The van der Waals surface area contributed by atoms with Crippen LogP contribution in [0.3, 0.4) is 0 Å². The summed E-state index contributed by atoms with van der Waals surface area (Å²) in [5, 5.41) is 12.1. The van der Waals surface area contributed by atoms with E-state index in [1.165, 1.54) is 31.2 Å². The first-order chi connectivity index (χ1) is 13.9. The van der Waals surface area contributed by atoms with Gasteiger partial charge in [0.05, 0.1) is 31.9 Å². The zero-order chi connectivity index (χ0) is 22.3. The number of carbonyl (C=O) groups is 1. The minimum atomic E-state index is -4.87. The Bertz CT molecular complexity index is 1300. The summed E-state index contributed by atoms with van der Waals surface area (Å²) < 4.78 is 66.7. The van der Waals surface area contributed by atoms with Gasteiger partial charge in [-0.05, 0) is 43.3 Å². The second-order valence-electron chi connectivity index (χ2n) is 6.00. The first-order valence-electron chi connectivity index (χ1n) is 8.00. The molecule has 1 heterocycles. The van der Waals surface area contributed by atoms with Crippen molar-refractivity contribution < 1.29 is 89.9 Å². The number of hydrazone groups is 1. The maximum absolute atomic E-state index is 12.7. The van der Waals surface area contributed by atoms with Crippen molar-refractivity contribution in [2.45, 2.75) is 22.8 Å². The van der Waals surface area contributed by atoms with Gasteiger partial charge in [-0.25, -0.2) is 16.8 Å². The second kappa shape index (κ2) is 11.1. The standard InChI is InChI=1S/C16H13ClN4O7S2.2Na/c1-9-15(19-18-10-5-7-11(8-6-10)29(23,24)25)16(22)21(20-9)12-3-2-4-13(14(12)17)30(26,27)28;;/h2-8,15H,1H3,(H,23,24,25)(H,26,27,28);;/q;2*+1/p-2. The molecule has 2 aromatic rings. The van der Waals surface area contributed by atoms with E-state index in [-0.39, 0.29) is 76.2 Å². The normalized spacial score (nSPS) is 16.5. The number of hydrogen-bond donors (Lipinski definition) is 0. The maximum atomic E-state index is 12.7. The van der Waals surface area contributed by atoms with E-state index >= 15 is 0 Å². The van der Waals surface area contributed by atoms with Crippen LogP contribution in [0.5, 0.6) is 0 Å². The van der Waals surface area contributed by atoms with Crippen molar-refractivity contribution in [2.24, 2.45) is 15.3 Å². The molecule has 2 aromatic carbocycles. The van der Waals surface area contributed by atoms with Crippen LogP contribution in [0.2, 0.25) is 5.02 Å². The van der Waals surface area contributed by atoms with Gasteiger partial charge in [0.15, 0.2) is 6.04 Å². The predicted octanol–water partition coefficient (Wildman–Crippen LogP) is -3.97. The van der Waals surface area contributed by atoms with Crippen molar-refractivity contribution in [1.29, 1.82) is 0 Å². The molecule has 1 aliphatic rings. The van der Waals surface area contributed by atoms with Crippen molar-refractivity contribution in [3.63, 3.8) is 0 Å². The van der Waals surface area contributed by atoms with E-state index in [0.29, 0.717) is 0 Å². The van der Waals surface area contributed by atoms with E-state index in [9.17, 15) is 30.7 Å². The van der Waals surface area contributed by atoms with E-state index < -0.39 is 47.0 Å². The van der Waals surface area contributed by atoms with Crippen molar-refractivity contribution in [2.75, 3.05) is 5.01 Å². The first-order valence-corrected chi connectivity index (χ1v) is 11.2. The summed E-state index contributed by atoms with van der Waals surface area (Å²) in [6, 6.07) is 6.97. The zero-order valence-electron chi connectivity index (χ0n) is 17.0. The van der Waals surface area contributed by atoms with Gasteiger partial charge in [-0.2, -0.15) is 20.3 Å². The average molecular weight is 517 g/mol. The van der Waals surface area contributed by atoms with E-state index in [4.69, 9.17) is 11.6 Å². The van der Waals surface area contributed by atoms with Crippen LogP contribution in [-0.2, 0) is 25.0 Å². The van der Waals surface area contributed by atoms with Crippen LogP contribution in [0.15, 0.2) is 67.6 Å². The van der Waals surface area contributed by atoms with Gasteiger partial charge in [0, 0.05) is 0 Å². The summed E-state index contributed by atoms with van der Waals surface area (Å²) in [6.45, 7) is 1.48. The third-order valence-electron chi connectivity index (χ3n) is 3.95. The topological polar surface area (TPSA) is 172 Å². The van der Waals surface area contributed by atoms with Crippen molar-refractivity contribution >= 4 is 54.8 Å². The summed E-state index contributed by atoms with van der Waals surface area (Å²) in [5.74, 6) is -0.697. The molecule has 0 saturated carbocycles. The number of carbonyl (C=O) groups excluding carboxylic acids is 1. The SMILES string of the molecule is CC1=NN(c2cccc(S(=O)(=O)[O-])c2Cl)C(=O)C1N=Nc1ccc(S(=O)(=O)[O-])cc1.[Na+].[Na+]. The Kier molecular flexibility index (Phi) is 10.2. The van der Waals surface area contributed by atoms with Crippen molar-refractivity contribution in [3.05, 3.63) is 47.5 Å². The zero-order valence-corrected chi connectivity index (χ0v) is 23.3. The van der Waals surface area contributed by atoms with E-state index in [1.54, 1.807) is 0 Å². The number of hydrogen-bond acceptors (Lipinski definition) is 10. The van der Waals surface area contributed by atoms with E-state index in [2.05, 4.69) is 15.3 Å². The number of anilines is 1. The van der Waals surface area contributed by atoms with Crippen LogP contribution in [0.25, 0.3) is 0 Å². The summed E-state index contributed by atoms with van der Waals surface area (Å²) in [6.07, 6.45) is 0. The van der Waals surface area contributed by atoms with Crippen LogP contribution < -0.4 is 64.1 Å². The molecule has 1 amide bonds. The fraction of sp³-hybridized carbons (Fsp3) is 0.125. The molecule has 1 atom stereocenters. The smallest absolute Gasteiger partial charge is 0.744 e. The summed E-state index contributed by atoms with van der Waals surface area (Å²) in [5.41, 5.74) is 0.286. The van der Waals surface area contributed by atoms with Gasteiger partial charge in [-0.15, -0.1) is 0 Å². The molecule has 0 spiro atoms. The molecule has 3 rings (SSSR count). The molecule has 1 unspecified atom stereocenters. The predicted molar refractivity (Wildman–Crippen MR) is 103 cm³/mol. The largest absolute Gasteiger partial charge is 1.00 e. The fourth-order valence-electron chi connectivity index (χ4n) is 2.52. The molecule has 16 heteroatoms. The Labute approximate surface area is 233 Å². The van der Waals surface area contributed by atoms with Gasteiger partial charge in [0.25, 0.3) is 5.91 Å². The number of halogens is 1. The fourth-order valence-corrected chi connectivity index (χ4v) is 4.05. The Morgan fingerprint density at radius 3 is 2.12 bits per heavy atom. The van der Waals surface area contributed by atoms with Crippen LogP contribution in [-0.4, -0.2) is 43.6 Å². The minimum absolute atomic E-state index is 0. The molecule has 0 aromatic heterocycles. The average Bonchev–Trinajstić information content (AvgIpc) is 2.92. The van der Waals surface area contributed by atoms with Crippen molar-refractivity contribution in [1.82, 2.24) is 0 Å². The summed E-state index contributed by atoms with van der Waals surface area (Å²) in [7, 11) is -9.47. The molecular weight excluding hydrogens is 506 g/mol. The summed E-state index contributed by atoms with van der Waals surface area (Å²) in [4.78, 5) is 11.6. The van der Waals surface area contributed by atoms with Gasteiger partial charge < -0.3 is 9.11 Å². The maximum Gasteiger partial charge on any atom is 1.00 e. The molecule has 0 saturated heterocycles. The number of benzene rings is 2. The van der Waals surface area contributed by atoms with Gasteiger partial charge in [0.2, 0.25) is 0 Å². The van der Waals surface area contributed by atoms with E-state index in [1.807, 2.05) is 0 Å². The minimum Gasteiger partial charge on any atom is -0.744 e. The van der Waals surface area contributed by atoms with Crippen LogP contribution in [0, 0.1) is 0 Å². The van der Waals surface area contributed by atoms with Gasteiger partial charge in [0.1, 0.15) is 20.2 Å². The second-order valence-corrected chi connectivity index (χ2v) is 9.11. The molecule has 11 nitrogen and oxygen atoms in total. The van der Waals surface area contributed by atoms with Gasteiger partial charge >= 0.3 is 59.1 Å². The monoisotopic (exact) mass is 516 g/mol. The first kappa shape index (κ1) is 29.3. The Morgan fingerprint density at radius 1 is 1.00 bits per heavy atom. The third kappa shape index (κ3) is 6.45. The van der Waals surface area contributed by atoms with Crippen LogP contribution >= 0.6 is 11.6 Å². The molecule has 0 aliphatic carbocycles. The molecular formula is C16H11ClN4Na2O7S2. The van der Waals surface area contributed by atoms with Crippen LogP contribution in [0.4, 0.5) is 11.4 Å². The molecule has 0 fully saturated rings. The van der Waals surface area contributed by atoms with Crippen molar-refractivity contribution in [3.8, 4) is 0 Å². The van der Waals surface area contributed by atoms with Gasteiger partial charge in [-0.3, -0.25) is 4.79 Å². The molecule has 0 N–H and O–H groups in total. The Balaban J connectivity index is 0.00000256.